The highest BCUT2D eigenvalue weighted by Crippen LogP contribution is 2.33. The smallest absolute Gasteiger partial charge is 0.408 e. The third-order valence-electron chi connectivity index (χ3n) is 3.02. The molecule has 3 aromatic rings. The van der Waals surface area contributed by atoms with Crippen molar-refractivity contribution in [1.29, 1.82) is 0 Å². The van der Waals surface area contributed by atoms with Crippen LogP contribution in [0.25, 0.3) is 11.1 Å². The molecule has 0 atom stereocenters. The number of oxazole rings is 1. The van der Waals surface area contributed by atoms with E-state index in [1.54, 1.807) is 0 Å². The molecule has 0 radical (unpaired) electrons. The van der Waals surface area contributed by atoms with Crippen LogP contribution >= 0.6 is 34.8 Å². The zero-order valence-corrected chi connectivity index (χ0v) is 14.6. The quantitative estimate of drug-likeness (QED) is 0.574. The van der Waals surface area contributed by atoms with E-state index in [4.69, 9.17) is 39.2 Å². The number of benzene rings is 2. The van der Waals surface area contributed by atoms with E-state index in [2.05, 4.69) is 15.2 Å². The number of aromatic nitrogens is 1. The molecule has 0 aliphatic heterocycles. The van der Waals surface area contributed by atoms with Crippen LogP contribution in [0.4, 0.5) is 5.69 Å². The molecule has 3 rings (SSSR count). The Hall–Kier alpha value is -1.71. The summed E-state index contributed by atoms with van der Waals surface area (Å²) in [6.45, 7) is 0. The van der Waals surface area contributed by atoms with Crippen molar-refractivity contribution in [3.8, 4) is 0 Å². The number of H-pyrrole nitrogens is 1. The van der Waals surface area contributed by atoms with Crippen LogP contribution in [-0.4, -0.2) is 13.4 Å². The summed E-state index contributed by atoms with van der Waals surface area (Å²) >= 11 is 17.7. The summed E-state index contributed by atoms with van der Waals surface area (Å²) in [6, 6.07) is 6.75. The van der Waals surface area contributed by atoms with Crippen molar-refractivity contribution >= 4 is 61.6 Å². The molecule has 7 nitrogen and oxygen atoms in total. The minimum atomic E-state index is -3.97. The van der Waals surface area contributed by atoms with Crippen LogP contribution in [0.3, 0.4) is 0 Å². The van der Waals surface area contributed by atoms with E-state index in [0.717, 1.165) is 0 Å². The lowest BCUT2D eigenvalue weighted by Gasteiger charge is -2.12. The molecule has 0 spiro atoms. The first-order valence-electron chi connectivity index (χ1n) is 6.31. The van der Waals surface area contributed by atoms with Crippen LogP contribution in [0.2, 0.25) is 15.1 Å². The van der Waals surface area contributed by atoms with Crippen LogP contribution in [0.5, 0.6) is 0 Å². The van der Waals surface area contributed by atoms with Crippen LogP contribution in [0.1, 0.15) is 0 Å². The van der Waals surface area contributed by atoms with Gasteiger partial charge in [-0.2, -0.15) is 0 Å². The summed E-state index contributed by atoms with van der Waals surface area (Å²) in [6.07, 6.45) is 0. The number of sulfonamides is 1. The monoisotopic (exact) mass is 407 g/mol. The molecule has 11 heteroatoms. The van der Waals surface area contributed by atoms with Crippen LogP contribution in [-0.2, 0) is 10.0 Å². The molecule has 2 aromatic carbocycles. The van der Waals surface area contributed by atoms with E-state index < -0.39 is 15.8 Å². The van der Waals surface area contributed by atoms with Crippen molar-refractivity contribution in [2.24, 2.45) is 0 Å². The van der Waals surface area contributed by atoms with E-state index in [9.17, 15) is 13.2 Å². The molecule has 1 heterocycles. The first-order valence-corrected chi connectivity index (χ1v) is 8.93. The van der Waals surface area contributed by atoms with Gasteiger partial charge in [-0.1, -0.05) is 34.8 Å². The fourth-order valence-electron chi connectivity index (χ4n) is 1.93. The Bertz CT molecular complexity index is 1070. The Morgan fingerprint density at radius 3 is 2.38 bits per heavy atom. The number of halogens is 3. The minimum Gasteiger partial charge on any atom is -0.408 e. The molecule has 0 saturated heterocycles. The van der Waals surface area contributed by atoms with Gasteiger partial charge in [0.15, 0.2) is 5.58 Å². The Morgan fingerprint density at radius 1 is 1.04 bits per heavy atom. The van der Waals surface area contributed by atoms with Gasteiger partial charge in [0.25, 0.3) is 10.0 Å². The van der Waals surface area contributed by atoms with E-state index >= 15 is 0 Å². The number of hydrogen-bond acceptors (Lipinski definition) is 5. The third kappa shape index (κ3) is 3.38. The summed E-state index contributed by atoms with van der Waals surface area (Å²) in [5, 5.41) is 0.593. The second-order valence-corrected chi connectivity index (χ2v) is 7.58. The SMILES string of the molecule is O=c1[nH]c2ccc(S(=O)(=O)NNc3c(Cl)cc(Cl)cc3Cl)cc2o1. The highest BCUT2D eigenvalue weighted by Gasteiger charge is 2.17. The van der Waals surface area contributed by atoms with E-state index in [0.29, 0.717) is 10.5 Å². The van der Waals surface area contributed by atoms with Crippen molar-refractivity contribution in [2.75, 3.05) is 5.43 Å². The van der Waals surface area contributed by atoms with Crippen molar-refractivity contribution in [3.63, 3.8) is 0 Å². The van der Waals surface area contributed by atoms with E-state index in [1.807, 2.05) is 0 Å². The molecule has 24 heavy (non-hydrogen) atoms. The number of nitrogens with one attached hydrogen (secondary N) is 3. The largest absolute Gasteiger partial charge is 0.417 e. The molecule has 0 saturated carbocycles. The summed E-state index contributed by atoms with van der Waals surface area (Å²) in [4.78, 5) is 15.6. The molecule has 0 fully saturated rings. The molecular weight excluding hydrogens is 401 g/mol. The predicted molar refractivity (Wildman–Crippen MR) is 92.3 cm³/mol. The highest BCUT2D eigenvalue weighted by molar-refractivity contribution is 7.89. The lowest BCUT2D eigenvalue weighted by Crippen LogP contribution is -2.29. The number of hydrogen-bond donors (Lipinski definition) is 3. The van der Waals surface area contributed by atoms with Crippen LogP contribution < -0.4 is 16.0 Å². The number of rotatable bonds is 4. The molecule has 0 unspecified atom stereocenters. The van der Waals surface area contributed by atoms with Gasteiger partial charge in [-0.05, 0) is 24.3 Å². The average molecular weight is 409 g/mol. The molecule has 0 amide bonds. The molecule has 0 bridgehead atoms. The lowest BCUT2D eigenvalue weighted by molar-refractivity contribution is 0.553. The van der Waals surface area contributed by atoms with Gasteiger partial charge in [-0.25, -0.2) is 13.2 Å². The summed E-state index contributed by atoms with van der Waals surface area (Å²) in [5.41, 5.74) is 3.09. The second-order valence-electron chi connectivity index (χ2n) is 4.65. The first-order chi connectivity index (χ1) is 11.3. The zero-order chi connectivity index (χ0) is 17.5. The maximum Gasteiger partial charge on any atom is 0.417 e. The molecule has 0 aliphatic rings. The van der Waals surface area contributed by atoms with Crippen molar-refractivity contribution in [1.82, 2.24) is 9.82 Å². The van der Waals surface area contributed by atoms with Crippen LogP contribution in [0.15, 0.2) is 44.4 Å². The van der Waals surface area contributed by atoms with Gasteiger partial charge in [0.2, 0.25) is 0 Å². The van der Waals surface area contributed by atoms with Gasteiger partial charge in [0.1, 0.15) is 0 Å². The van der Waals surface area contributed by atoms with Gasteiger partial charge < -0.3 is 9.84 Å². The summed E-state index contributed by atoms with van der Waals surface area (Å²) < 4.78 is 29.5. The molecular formula is C13H8Cl3N3O4S. The van der Waals surface area contributed by atoms with Gasteiger partial charge >= 0.3 is 5.76 Å². The predicted octanol–water partition coefficient (Wildman–Crippen LogP) is 3.39. The third-order valence-corrected chi connectivity index (χ3v) is 5.08. The summed E-state index contributed by atoms with van der Waals surface area (Å²) in [5.74, 6) is -0.676. The minimum absolute atomic E-state index is 0.116. The molecule has 126 valence electrons. The Balaban J connectivity index is 1.89. The maximum absolute atomic E-state index is 12.3. The van der Waals surface area contributed by atoms with Crippen molar-refractivity contribution in [3.05, 3.63) is 56.0 Å². The van der Waals surface area contributed by atoms with Crippen LogP contribution in [0, 0.1) is 0 Å². The number of aromatic amines is 1. The fraction of sp³-hybridized carbons (Fsp3) is 0. The average Bonchev–Trinajstić information content (AvgIpc) is 2.85. The van der Waals surface area contributed by atoms with Crippen molar-refractivity contribution < 1.29 is 12.8 Å². The summed E-state index contributed by atoms with van der Waals surface area (Å²) in [7, 11) is -3.97. The maximum atomic E-state index is 12.3. The van der Waals surface area contributed by atoms with E-state index in [-0.39, 0.29) is 26.2 Å². The van der Waals surface area contributed by atoms with Gasteiger partial charge in [0.05, 0.1) is 26.1 Å². The van der Waals surface area contributed by atoms with E-state index in [1.165, 1.54) is 30.3 Å². The zero-order valence-electron chi connectivity index (χ0n) is 11.6. The van der Waals surface area contributed by atoms with Crippen molar-refractivity contribution in [2.45, 2.75) is 4.90 Å². The standard InChI is InChI=1S/C13H8Cl3N3O4S/c14-6-3-8(15)12(9(16)4-6)18-19-24(21,22)7-1-2-10-11(5-7)23-13(20)17-10/h1-5,18-19H,(H,17,20). The highest BCUT2D eigenvalue weighted by atomic mass is 35.5. The van der Waals surface area contributed by atoms with Gasteiger partial charge in [-0.3, -0.25) is 4.98 Å². The second kappa shape index (κ2) is 6.30. The Labute approximate surface area is 150 Å². The van der Waals surface area contributed by atoms with Gasteiger partial charge in [0, 0.05) is 11.1 Å². The van der Waals surface area contributed by atoms with Gasteiger partial charge in [-0.15, -0.1) is 4.83 Å². The number of anilines is 1. The number of hydrazine groups is 1. The topological polar surface area (TPSA) is 104 Å². The first kappa shape index (κ1) is 17.1. The fourth-order valence-corrected chi connectivity index (χ4v) is 3.71. The molecule has 3 N–H and O–H groups in total. The lowest BCUT2D eigenvalue weighted by atomic mass is 10.3. The Kier molecular flexibility index (Phi) is 4.50. The molecule has 0 aliphatic carbocycles. The Morgan fingerprint density at radius 2 is 1.71 bits per heavy atom. The number of fused-ring (bicyclic) bond motifs is 1. The molecule has 1 aromatic heterocycles. The normalized spacial score (nSPS) is 11.8.